The molecule has 1 atom stereocenters. The lowest BCUT2D eigenvalue weighted by Crippen LogP contribution is -2.36. The molecule has 0 saturated heterocycles. The van der Waals surface area contributed by atoms with E-state index in [0.29, 0.717) is 16.9 Å². The molecular weight excluding hydrogens is 242 g/mol. The molecule has 0 radical (unpaired) electrons. The van der Waals surface area contributed by atoms with Gasteiger partial charge < -0.3 is 21.9 Å². The Bertz CT molecular complexity index is 431. The highest BCUT2D eigenvalue weighted by molar-refractivity contribution is 5.99. The van der Waals surface area contributed by atoms with E-state index >= 15 is 0 Å². The number of rotatable bonds is 6. The summed E-state index contributed by atoms with van der Waals surface area (Å²) >= 11 is 0. The molecule has 1 unspecified atom stereocenters. The van der Waals surface area contributed by atoms with Gasteiger partial charge in [-0.2, -0.15) is 0 Å². The van der Waals surface area contributed by atoms with Gasteiger partial charge in [-0.05, 0) is 24.1 Å². The molecule has 0 saturated carbocycles. The zero-order chi connectivity index (χ0) is 14.4. The van der Waals surface area contributed by atoms with Crippen LogP contribution < -0.4 is 16.8 Å². The first-order chi connectivity index (χ1) is 8.99. The monoisotopic (exact) mass is 265 g/mol. The van der Waals surface area contributed by atoms with Crippen molar-refractivity contribution in [1.29, 1.82) is 0 Å². The fourth-order valence-corrected chi connectivity index (χ4v) is 2.08. The molecule has 0 aliphatic heterocycles. The van der Waals surface area contributed by atoms with Crippen molar-refractivity contribution < 1.29 is 9.90 Å². The highest BCUT2D eigenvalue weighted by Gasteiger charge is 2.17. The van der Waals surface area contributed by atoms with Crippen molar-refractivity contribution in [2.24, 2.45) is 5.92 Å². The molecule has 0 spiro atoms. The second-order valence-corrected chi connectivity index (χ2v) is 4.70. The van der Waals surface area contributed by atoms with E-state index in [0.717, 1.165) is 12.8 Å². The molecule has 106 valence electrons. The molecule has 5 nitrogen and oxygen atoms in total. The summed E-state index contributed by atoms with van der Waals surface area (Å²) in [5, 5.41) is 12.7. The number of carbonyl (C=O) groups excluding carboxylic acids is 1. The Morgan fingerprint density at radius 2 is 1.95 bits per heavy atom. The number of amides is 1. The molecular formula is C14H23N3O2. The van der Waals surface area contributed by atoms with Gasteiger partial charge in [0, 0.05) is 17.9 Å². The minimum atomic E-state index is -0.533. The number of nitrogens with two attached hydrogens (primary N) is 2. The van der Waals surface area contributed by atoms with E-state index in [1.807, 2.05) is 13.8 Å². The molecule has 0 aromatic heterocycles. The predicted octanol–water partition coefficient (Wildman–Crippen LogP) is 1.38. The molecule has 0 aliphatic rings. The van der Waals surface area contributed by atoms with Crippen LogP contribution in [-0.2, 0) is 0 Å². The maximum Gasteiger partial charge on any atom is 0.253 e. The van der Waals surface area contributed by atoms with Crippen molar-refractivity contribution in [3.63, 3.8) is 0 Å². The molecule has 1 amide bonds. The Hall–Kier alpha value is -1.75. The smallest absolute Gasteiger partial charge is 0.253 e. The van der Waals surface area contributed by atoms with Crippen LogP contribution in [0.15, 0.2) is 18.2 Å². The van der Waals surface area contributed by atoms with Crippen LogP contribution in [0.1, 0.15) is 37.0 Å². The van der Waals surface area contributed by atoms with Crippen molar-refractivity contribution in [3.05, 3.63) is 23.8 Å². The van der Waals surface area contributed by atoms with Gasteiger partial charge in [0.2, 0.25) is 0 Å². The maximum absolute atomic E-state index is 11.9. The van der Waals surface area contributed by atoms with Crippen LogP contribution in [0.25, 0.3) is 0 Å². The minimum Gasteiger partial charge on any atom is -0.399 e. The molecule has 0 bridgehead atoms. The molecule has 5 heteroatoms. The zero-order valence-electron chi connectivity index (χ0n) is 11.5. The van der Waals surface area contributed by atoms with Crippen LogP contribution >= 0.6 is 0 Å². The Morgan fingerprint density at radius 3 is 2.47 bits per heavy atom. The summed E-state index contributed by atoms with van der Waals surface area (Å²) in [6.07, 6.45) is 1.24. The van der Waals surface area contributed by atoms with Gasteiger partial charge in [-0.3, -0.25) is 4.79 Å². The summed E-state index contributed by atoms with van der Waals surface area (Å²) in [7, 11) is 0. The van der Waals surface area contributed by atoms with E-state index in [2.05, 4.69) is 5.32 Å². The standard InChI is InChI=1S/C14H23N3O2/c1-3-9(4-2)13(18)8-17-14(19)11-6-5-10(15)7-12(11)16/h5-7,9,13,18H,3-4,8,15-16H2,1-2H3,(H,17,19). The first-order valence-electron chi connectivity index (χ1n) is 6.60. The number of nitrogen functional groups attached to an aromatic ring is 2. The number of hydrogen-bond acceptors (Lipinski definition) is 4. The lowest BCUT2D eigenvalue weighted by atomic mass is 9.96. The highest BCUT2D eigenvalue weighted by atomic mass is 16.3. The van der Waals surface area contributed by atoms with E-state index < -0.39 is 6.10 Å². The topological polar surface area (TPSA) is 101 Å². The largest absolute Gasteiger partial charge is 0.399 e. The summed E-state index contributed by atoms with van der Waals surface area (Å²) in [6.45, 7) is 4.28. The van der Waals surface area contributed by atoms with Crippen molar-refractivity contribution in [2.75, 3.05) is 18.0 Å². The van der Waals surface area contributed by atoms with Crippen LogP contribution in [0.3, 0.4) is 0 Å². The van der Waals surface area contributed by atoms with E-state index in [-0.39, 0.29) is 18.4 Å². The summed E-state index contributed by atoms with van der Waals surface area (Å²) in [6, 6.07) is 4.76. The van der Waals surface area contributed by atoms with Gasteiger partial charge in [-0.1, -0.05) is 26.7 Å². The second-order valence-electron chi connectivity index (χ2n) is 4.70. The van der Waals surface area contributed by atoms with Gasteiger partial charge >= 0.3 is 0 Å². The molecule has 0 aliphatic carbocycles. The highest BCUT2D eigenvalue weighted by Crippen LogP contribution is 2.16. The van der Waals surface area contributed by atoms with Gasteiger partial charge in [-0.25, -0.2) is 0 Å². The van der Waals surface area contributed by atoms with Crippen LogP contribution in [0.2, 0.25) is 0 Å². The second kappa shape index (κ2) is 6.99. The lowest BCUT2D eigenvalue weighted by Gasteiger charge is -2.20. The third-order valence-corrected chi connectivity index (χ3v) is 3.38. The third kappa shape index (κ3) is 4.13. The number of benzene rings is 1. The minimum absolute atomic E-state index is 0.198. The predicted molar refractivity (Wildman–Crippen MR) is 77.7 cm³/mol. The van der Waals surface area contributed by atoms with Crippen molar-refractivity contribution in [1.82, 2.24) is 5.32 Å². The molecule has 1 aromatic rings. The molecule has 1 aromatic carbocycles. The number of carbonyl (C=O) groups is 1. The van der Waals surface area contributed by atoms with E-state index in [9.17, 15) is 9.90 Å². The van der Waals surface area contributed by atoms with Gasteiger partial charge in [0.05, 0.1) is 11.7 Å². The first-order valence-corrected chi connectivity index (χ1v) is 6.60. The number of nitrogens with one attached hydrogen (secondary N) is 1. The van der Waals surface area contributed by atoms with E-state index in [1.54, 1.807) is 18.2 Å². The fourth-order valence-electron chi connectivity index (χ4n) is 2.08. The number of anilines is 2. The van der Waals surface area contributed by atoms with Gasteiger partial charge in [-0.15, -0.1) is 0 Å². The first kappa shape index (κ1) is 15.3. The maximum atomic E-state index is 11.9. The van der Waals surface area contributed by atoms with Crippen molar-refractivity contribution in [3.8, 4) is 0 Å². The molecule has 19 heavy (non-hydrogen) atoms. The van der Waals surface area contributed by atoms with Crippen molar-refractivity contribution in [2.45, 2.75) is 32.8 Å². The Labute approximate surface area is 114 Å². The summed E-state index contributed by atoms with van der Waals surface area (Å²) in [5.41, 5.74) is 12.6. The molecule has 0 fully saturated rings. The van der Waals surface area contributed by atoms with E-state index in [1.165, 1.54) is 0 Å². The molecule has 0 heterocycles. The number of aliphatic hydroxyl groups is 1. The van der Waals surface area contributed by atoms with Crippen LogP contribution in [0.4, 0.5) is 11.4 Å². The summed E-state index contributed by atoms with van der Waals surface area (Å²) < 4.78 is 0. The third-order valence-electron chi connectivity index (χ3n) is 3.38. The van der Waals surface area contributed by atoms with Crippen LogP contribution in [0.5, 0.6) is 0 Å². The zero-order valence-corrected chi connectivity index (χ0v) is 11.5. The Morgan fingerprint density at radius 1 is 1.32 bits per heavy atom. The number of aliphatic hydroxyl groups excluding tert-OH is 1. The van der Waals surface area contributed by atoms with Crippen LogP contribution in [-0.4, -0.2) is 23.7 Å². The average molecular weight is 265 g/mol. The average Bonchev–Trinajstić information content (AvgIpc) is 2.37. The lowest BCUT2D eigenvalue weighted by molar-refractivity contribution is 0.0817. The summed E-state index contributed by atoms with van der Waals surface area (Å²) in [4.78, 5) is 11.9. The molecule has 6 N–H and O–H groups in total. The van der Waals surface area contributed by atoms with Crippen molar-refractivity contribution >= 4 is 17.3 Å². The quantitative estimate of drug-likeness (QED) is 0.584. The van der Waals surface area contributed by atoms with Gasteiger partial charge in [0.15, 0.2) is 0 Å². The van der Waals surface area contributed by atoms with Gasteiger partial charge in [0.1, 0.15) is 0 Å². The van der Waals surface area contributed by atoms with E-state index in [4.69, 9.17) is 11.5 Å². The SMILES string of the molecule is CCC(CC)C(O)CNC(=O)c1ccc(N)cc1N. The summed E-state index contributed by atoms with van der Waals surface area (Å²) in [5.74, 6) is -0.0911. The Kier molecular flexibility index (Phi) is 5.63. The van der Waals surface area contributed by atoms with Crippen LogP contribution in [0, 0.1) is 5.92 Å². The molecule has 1 rings (SSSR count). The Balaban J connectivity index is 2.60. The number of hydrogen-bond donors (Lipinski definition) is 4. The van der Waals surface area contributed by atoms with Gasteiger partial charge in [0.25, 0.3) is 5.91 Å². The fraction of sp³-hybridized carbons (Fsp3) is 0.500. The normalized spacial score (nSPS) is 12.4.